The van der Waals surface area contributed by atoms with E-state index in [2.05, 4.69) is 302 Å². The van der Waals surface area contributed by atoms with Crippen molar-refractivity contribution in [1.29, 1.82) is 0 Å². The lowest BCUT2D eigenvalue weighted by Crippen LogP contribution is -2.28. The average molecular weight is 1080 g/mol. The fraction of sp³-hybridized carbons (Fsp3) is 0.0488. The molecular weight excluding hydrogens is 1010 g/mol. The predicted octanol–water partition coefficient (Wildman–Crippen LogP) is 20.6. The smallest absolute Gasteiger partial charge is 0.0714 e. The lowest BCUT2D eigenvalue weighted by Gasteiger charge is -2.35. The third-order valence-corrected chi connectivity index (χ3v) is 17.3. The highest BCUT2D eigenvalue weighted by Crippen LogP contribution is 2.60. The van der Waals surface area contributed by atoms with Crippen LogP contribution in [-0.2, 0) is 17.3 Å². The zero-order valence-electron chi connectivity index (χ0n) is 46.8. The molecule has 0 saturated carbocycles. The molecule has 13 aromatic carbocycles. The van der Waals surface area contributed by atoms with Crippen molar-refractivity contribution in [2.45, 2.75) is 23.7 Å². The number of nitrogen functional groups attached to an aromatic ring is 1. The van der Waals surface area contributed by atoms with E-state index in [9.17, 15) is 0 Å². The molecule has 16 rings (SSSR count). The fourth-order valence-electron chi connectivity index (χ4n) is 13.8. The molecule has 2 nitrogen and oxygen atoms in total. The molecule has 84 heavy (non-hydrogen) atoms. The normalized spacial score (nSPS) is 13.3. The first kappa shape index (κ1) is 51.6. The van der Waals surface area contributed by atoms with Crippen LogP contribution in [0, 0.1) is 0 Å². The minimum atomic E-state index is -0.493. The Hall–Kier alpha value is -10.5. The number of rotatable bonds is 8. The number of hydrogen-bond acceptors (Lipinski definition) is 2. The summed E-state index contributed by atoms with van der Waals surface area (Å²) >= 11 is 0. The van der Waals surface area contributed by atoms with E-state index in [4.69, 9.17) is 5.73 Å². The number of anilines is 4. The second-order valence-electron chi connectivity index (χ2n) is 21.9. The highest BCUT2D eigenvalue weighted by atomic mass is 15.1. The summed E-state index contributed by atoms with van der Waals surface area (Å²) < 4.78 is 0. The Morgan fingerprint density at radius 1 is 0.321 bits per heavy atom. The van der Waals surface area contributed by atoms with Crippen LogP contribution in [0.15, 0.2) is 334 Å². The zero-order chi connectivity index (χ0) is 56.3. The van der Waals surface area contributed by atoms with Crippen molar-refractivity contribution < 1.29 is 0 Å². The maximum Gasteiger partial charge on any atom is 0.0714 e. The van der Waals surface area contributed by atoms with Crippen LogP contribution in [0.3, 0.4) is 0 Å². The van der Waals surface area contributed by atoms with Gasteiger partial charge in [0.05, 0.1) is 10.8 Å². The Labute approximate surface area is 493 Å². The van der Waals surface area contributed by atoms with E-state index in [1.54, 1.807) is 0 Å². The molecule has 400 valence electrons. The molecule has 3 aliphatic carbocycles. The van der Waals surface area contributed by atoms with Gasteiger partial charge in [-0.3, -0.25) is 0 Å². The second-order valence-corrected chi connectivity index (χ2v) is 21.9. The van der Waals surface area contributed by atoms with Crippen LogP contribution >= 0.6 is 0 Å². The quantitative estimate of drug-likeness (QED) is 0.154. The molecule has 0 fully saturated rings. The summed E-state index contributed by atoms with van der Waals surface area (Å²) in [6.07, 6.45) is 6.74. The van der Waals surface area contributed by atoms with Gasteiger partial charge in [-0.25, -0.2) is 0 Å². The first-order valence-corrected chi connectivity index (χ1v) is 29.3. The SMILES string of the molecule is Nc1ccc2c(c1)C(c1ccccc1)(c1ccccc1)c1ccc3c(c1-2)CCC=C3.c1ccc(-c2ccc(N(c3ccccc3)c3ccc4c(c3)C(c3ccccc3)(c3ccccc3)c3ccc5ccccc5c3-4)cc2)cc1.c1ccccc1. The molecule has 0 heterocycles. The molecule has 0 bridgehead atoms. The highest BCUT2D eigenvalue weighted by Gasteiger charge is 2.48. The molecule has 13 aromatic rings. The van der Waals surface area contributed by atoms with E-state index >= 15 is 0 Å². The lowest BCUT2D eigenvalue weighted by molar-refractivity contribution is 0.767. The Bertz CT molecular complexity index is 4340. The minimum absolute atomic E-state index is 0.362. The van der Waals surface area contributed by atoms with E-state index in [0.717, 1.165) is 35.6 Å². The van der Waals surface area contributed by atoms with Crippen molar-refractivity contribution in [3.63, 3.8) is 0 Å². The molecule has 0 amide bonds. The summed E-state index contributed by atoms with van der Waals surface area (Å²) in [7, 11) is 0. The summed E-state index contributed by atoms with van der Waals surface area (Å²) in [6, 6.07) is 118. The van der Waals surface area contributed by atoms with Crippen LogP contribution < -0.4 is 10.6 Å². The van der Waals surface area contributed by atoms with Crippen molar-refractivity contribution in [3.8, 4) is 33.4 Å². The van der Waals surface area contributed by atoms with Crippen LogP contribution in [0.2, 0.25) is 0 Å². The average Bonchev–Trinajstić information content (AvgIpc) is 1.73. The molecule has 0 unspecified atom stereocenters. The molecule has 0 aliphatic heterocycles. The Balaban J connectivity index is 0.000000147. The van der Waals surface area contributed by atoms with Gasteiger partial charge < -0.3 is 10.6 Å². The number of allylic oxidation sites excluding steroid dienone is 1. The monoisotopic (exact) mass is 1070 g/mol. The first-order valence-electron chi connectivity index (χ1n) is 29.3. The molecular formula is C82H62N2. The number of nitrogens with two attached hydrogens (primary N) is 1. The summed E-state index contributed by atoms with van der Waals surface area (Å²) in [4.78, 5) is 2.39. The van der Waals surface area contributed by atoms with E-state index in [1.807, 2.05) is 42.5 Å². The minimum Gasteiger partial charge on any atom is -0.399 e. The molecule has 0 radical (unpaired) electrons. The highest BCUT2D eigenvalue weighted by molar-refractivity contribution is 6.05. The number of para-hydroxylation sites is 1. The molecule has 3 aliphatic rings. The van der Waals surface area contributed by atoms with Gasteiger partial charge in [0.25, 0.3) is 0 Å². The van der Waals surface area contributed by atoms with Crippen LogP contribution in [0.1, 0.15) is 62.1 Å². The molecule has 2 heteroatoms. The van der Waals surface area contributed by atoms with Crippen LogP contribution in [0.25, 0.3) is 50.2 Å². The van der Waals surface area contributed by atoms with Crippen molar-refractivity contribution in [3.05, 3.63) is 389 Å². The van der Waals surface area contributed by atoms with Crippen molar-refractivity contribution in [1.82, 2.24) is 0 Å². The van der Waals surface area contributed by atoms with Gasteiger partial charge in [0.2, 0.25) is 0 Å². The Morgan fingerprint density at radius 3 is 1.33 bits per heavy atom. The molecule has 2 N–H and O–H groups in total. The number of nitrogens with zero attached hydrogens (tertiary/aromatic N) is 1. The van der Waals surface area contributed by atoms with Gasteiger partial charge in [-0.1, -0.05) is 291 Å². The summed E-state index contributed by atoms with van der Waals surface area (Å²) in [5, 5.41) is 2.54. The molecule has 0 spiro atoms. The maximum atomic E-state index is 6.37. The van der Waals surface area contributed by atoms with E-state index in [1.165, 1.54) is 99.8 Å². The van der Waals surface area contributed by atoms with Gasteiger partial charge in [-0.2, -0.15) is 0 Å². The van der Waals surface area contributed by atoms with Crippen LogP contribution in [-0.4, -0.2) is 0 Å². The van der Waals surface area contributed by atoms with Crippen molar-refractivity contribution in [2.75, 3.05) is 10.6 Å². The lowest BCUT2D eigenvalue weighted by atomic mass is 9.67. The van der Waals surface area contributed by atoms with Gasteiger partial charge in [0, 0.05) is 22.7 Å². The van der Waals surface area contributed by atoms with Crippen molar-refractivity contribution in [2.24, 2.45) is 0 Å². The third kappa shape index (κ3) is 8.92. The topological polar surface area (TPSA) is 29.3 Å². The largest absolute Gasteiger partial charge is 0.399 e. The Kier molecular flexibility index (Phi) is 13.8. The summed E-state index contributed by atoms with van der Waals surface area (Å²) in [5.41, 5.74) is 30.6. The van der Waals surface area contributed by atoms with Gasteiger partial charge in [-0.15, -0.1) is 0 Å². The number of benzene rings is 13. The molecule has 0 atom stereocenters. The number of hydrogen-bond donors (Lipinski definition) is 1. The van der Waals surface area contributed by atoms with Crippen molar-refractivity contribution >= 4 is 39.6 Å². The zero-order valence-corrected chi connectivity index (χ0v) is 46.8. The van der Waals surface area contributed by atoms with E-state index < -0.39 is 5.41 Å². The number of fused-ring (bicyclic) bond motifs is 10. The second kappa shape index (κ2) is 22.4. The van der Waals surface area contributed by atoms with Gasteiger partial charge in [0.15, 0.2) is 0 Å². The van der Waals surface area contributed by atoms with Gasteiger partial charge in [-0.05, 0) is 161 Å². The van der Waals surface area contributed by atoms with E-state index in [-0.39, 0.29) is 5.41 Å². The molecule has 0 saturated heterocycles. The first-order chi connectivity index (χ1) is 41.6. The van der Waals surface area contributed by atoms with E-state index in [0.29, 0.717) is 0 Å². The summed E-state index contributed by atoms with van der Waals surface area (Å²) in [5.74, 6) is 0. The fourth-order valence-corrected chi connectivity index (χ4v) is 13.8. The predicted molar refractivity (Wildman–Crippen MR) is 353 cm³/mol. The standard InChI is InChI=1S/C47H33N.C29H23N.C6H6/c1-5-15-34(16-6-1)35-25-28-40(29-26-35)48(39-22-11-4-12-23-39)41-30-31-43-45(33-41)47(37-18-7-2-8-19-37,38-20-9-3-10-21-38)44-32-27-36-17-13-14-24-42(36)46(43)44;30-23-16-17-25-27(19-23)29(21-10-3-1-4-11-21,22-12-5-2-6-13-22)26-18-15-20-9-7-8-14-24(20)28(25)26;1-2-4-6-5-3-1/h1-33H;1-7,9-13,15-19H,8,14,30H2;1-6H. The maximum absolute atomic E-state index is 6.37. The third-order valence-electron chi connectivity index (χ3n) is 17.3. The summed E-state index contributed by atoms with van der Waals surface area (Å²) in [6.45, 7) is 0. The van der Waals surface area contributed by atoms with Crippen LogP contribution in [0.5, 0.6) is 0 Å². The molecule has 0 aromatic heterocycles. The van der Waals surface area contributed by atoms with Gasteiger partial charge >= 0.3 is 0 Å². The Morgan fingerprint density at radius 2 is 0.750 bits per heavy atom. The van der Waals surface area contributed by atoms with Crippen LogP contribution in [0.4, 0.5) is 22.7 Å². The van der Waals surface area contributed by atoms with Gasteiger partial charge in [0.1, 0.15) is 0 Å².